The molecule has 0 aromatic heterocycles. The lowest BCUT2D eigenvalue weighted by Crippen LogP contribution is -1.73. The second kappa shape index (κ2) is 5.72. The third-order valence-corrected chi connectivity index (χ3v) is 2.13. The summed E-state index contributed by atoms with van der Waals surface area (Å²) in [5.74, 6) is 0.840. The molecule has 0 amide bonds. The van der Waals surface area contributed by atoms with Gasteiger partial charge in [0.25, 0.3) is 0 Å². The molecule has 0 N–H and O–H groups in total. The Hall–Kier alpha value is 0.720. The Balaban J connectivity index is 2.34. The lowest BCUT2D eigenvalue weighted by atomic mass is 10.9. The molecule has 38 valence electrons. The lowest BCUT2D eigenvalue weighted by Gasteiger charge is -1.85. The highest BCUT2D eigenvalue weighted by Crippen LogP contribution is 2.06. The minimum absolute atomic E-state index is 0.840. The van der Waals surface area contributed by atoms with Crippen LogP contribution in [0.2, 0.25) is 0 Å². The van der Waals surface area contributed by atoms with Crippen LogP contribution in [0.4, 0.5) is 0 Å². The number of halogens is 1. The molecule has 0 aromatic carbocycles. The first-order valence-electron chi connectivity index (χ1n) is 2.18. The van der Waals surface area contributed by atoms with Crippen LogP contribution in [0.1, 0.15) is 6.92 Å². The van der Waals surface area contributed by atoms with Crippen molar-refractivity contribution in [2.45, 2.75) is 6.92 Å². The molecule has 0 heterocycles. The molecule has 0 aliphatic heterocycles. The van der Waals surface area contributed by atoms with Gasteiger partial charge in [-0.1, -0.05) is 6.92 Å². The van der Waals surface area contributed by atoms with Crippen LogP contribution in [0.15, 0.2) is 0 Å². The fourth-order valence-corrected chi connectivity index (χ4v) is 1.13. The molecule has 1 atom stereocenters. The van der Waals surface area contributed by atoms with Crippen molar-refractivity contribution in [1.82, 2.24) is 0 Å². The zero-order valence-corrected chi connectivity index (χ0v) is 5.76. The van der Waals surface area contributed by atoms with Crippen LogP contribution >= 0.6 is 20.2 Å². The molecule has 0 spiro atoms. The van der Waals surface area contributed by atoms with Gasteiger partial charge in [0, 0.05) is 5.88 Å². The van der Waals surface area contributed by atoms with Crippen molar-refractivity contribution in [2.24, 2.45) is 0 Å². The summed E-state index contributed by atoms with van der Waals surface area (Å²) < 4.78 is 0. The average molecular weight is 125 g/mol. The highest BCUT2D eigenvalue weighted by molar-refractivity contribution is 7.38. The summed E-state index contributed by atoms with van der Waals surface area (Å²) in [5, 5.41) is 0. The van der Waals surface area contributed by atoms with Gasteiger partial charge >= 0.3 is 0 Å². The maximum absolute atomic E-state index is 5.39. The smallest absolute Gasteiger partial charge is 0.0260 e. The third-order valence-electron chi connectivity index (χ3n) is 0.521. The van der Waals surface area contributed by atoms with E-state index in [-0.39, 0.29) is 0 Å². The third kappa shape index (κ3) is 4.72. The molecular weight excluding hydrogens is 114 g/mol. The first-order valence-corrected chi connectivity index (χ1v) is 4.13. The topological polar surface area (TPSA) is 0 Å². The minimum Gasteiger partial charge on any atom is -0.126 e. The van der Waals surface area contributed by atoms with Crippen LogP contribution in [0, 0.1) is 0 Å². The molecule has 0 rings (SSSR count). The first-order chi connectivity index (χ1) is 2.91. The Morgan fingerprint density at radius 3 is 2.50 bits per heavy atom. The first kappa shape index (κ1) is 6.72. The Morgan fingerprint density at radius 2 is 2.33 bits per heavy atom. The van der Waals surface area contributed by atoms with Crippen LogP contribution < -0.4 is 0 Å². The highest BCUT2D eigenvalue weighted by Gasteiger charge is 1.76. The standard InChI is InChI=1S/C4H10ClP/c1-2-6-4-3-5/h6H,2-4H2,1H3. The predicted octanol–water partition coefficient (Wildman–Crippen LogP) is 1.92. The van der Waals surface area contributed by atoms with Gasteiger partial charge in [-0.25, -0.2) is 0 Å². The van der Waals surface area contributed by atoms with Gasteiger partial charge in [0.2, 0.25) is 0 Å². The molecule has 0 aliphatic rings. The lowest BCUT2D eigenvalue weighted by molar-refractivity contribution is 1.45. The van der Waals surface area contributed by atoms with Crippen LogP contribution in [0.3, 0.4) is 0 Å². The second-order valence-corrected chi connectivity index (χ2v) is 3.13. The maximum Gasteiger partial charge on any atom is 0.0260 e. The molecule has 0 bridgehead atoms. The van der Waals surface area contributed by atoms with Gasteiger partial charge in [-0.15, -0.1) is 20.2 Å². The monoisotopic (exact) mass is 124 g/mol. The SMILES string of the molecule is CCPCCCl. The number of hydrogen-bond acceptors (Lipinski definition) is 0. The van der Waals surface area contributed by atoms with Gasteiger partial charge in [-0.2, -0.15) is 0 Å². The largest absolute Gasteiger partial charge is 0.126 e. The van der Waals surface area contributed by atoms with E-state index in [0.717, 1.165) is 14.5 Å². The van der Waals surface area contributed by atoms with E-state index in [2.05, 4.69) is 6.92 Å². The molecule has 0 aromatic rings. The van der Waals surface area contributed by atoms with Crippen molar-refractivity contribution < 1.29 is 0 Å². The van der Waals surface area contributed by atoms with Crippen LogP contribution in [-0.2, 0) is 0 Å². The molecule has 0 saturated heterocycles. The summed E-state index contributed by atoms with van der Waals surface area (Å²) in [4.78, 5) is 0. The van der Waals surface area contributed by atoms with E-state index in [0.29, 0.717) is 0 Å². The van der Waals surface area contributed by atoms with Crippen molar-refractivity contribution >= 4 is 20.2 Å². The molecule has 0 aliphatic carbocycles. The van der Waals surface area contributed by atoms with Crippen molar-refractivity contribution in [3.05, 3.63) is 0 Å². The van der Waals surface area contributed by atoms with Crippen molar-refractivity contribution in [3.8, 4) is 0 Å². The summed E-state index contributed by atoms with van der Waals surface area (Å²) in [7, 11) is 1.08. The quantitative estimate of drug-likeness (QED) is 0.306. The molecule has 6 heavy (non-hydrogen) atoms. The molecule has 0 fully saturated rings. The van der Waals surface area contributed by atoms with Crippen LogP contribution in [0.5, 0.6) is 0 Å². The second-order valence-electron chi connectivity index (χ2n) is 1.04. The fourth-order valence-electron chi connectivity index (χ4n) is 0.244. The average Bonchev–Trinajstić information content (AvgIpc) is 1.61. The van der Waals surface area contributed by atoms with E-state index in [4.69, 9.17) is 11.6 Å². The van der Waals surface area contributed by atoms with Gasteiger partial charge in [0.1, 0.15) is 0 Å². The Morgan fingerprint density at radius 1 is 1.67 bits per heavy atom. The Bertz CT molecular complexity index is 19.5. The molecule has 0 saturated carbocycles. The Kier molecular flexibility index (Phi) is 6.41. The maximum atomic E-state index is 5.39. The van der Waals surface area contributed by atoms with Crippen LogP contribution in [0.25, 0.3) is 0 Å². The summed E-state index contributed by atoms with van der Waals surface area (Å²) in [6.07, 6.45) is 2.50. The fraction of sp³-hybridized carbons (Fsp3) is 1.00. The molecule has 0 radical (unpaired) electrons. The van der Waals surface area contributed by atoms with Crippen LogP contribution in [-0.4, -0.2) is 18.2 Å². The summed E-state index contributed by atoms with van der Waals surface area (Å²) in [5.41, 5.74) is 0. The zero-order chi connectivity index (χ0) is 4.83. The van der Waals surface area contributed by atoms with E-state index >= 15 is 0 Å². The minimum atomic E-state index is 0.840. The van der Waals surface area contributed by atoms with E-state index in [1.165, 1.54) is 12.3 Å². The van der Waals surface area contributed by atoms with Crippen molar-refractivity contribution in [1.29, 1.82) is 0 Å². The molecular formula is C4H10ClP. The number of rotatable bonds is 3. The van der Waals surface area contributed by atoms with Crippen molar-refractivity contribution in [3.63, 3.8) is 0 Å². The van der Waals surface area contributed by atoms with Gasteiger partial charge in [-0.3, -0.25) is 0 Å². The number of alkyl halides is 1. The summed E-state index contributed by atoms with van der Waals surface area (Å²) in [6, 6.07) is 0. The van der Waals surface area contributed by atoms with E-state index in [1.54, 1.807) is 0 Å². The van der Waals surface area contributed by atoms with E-state index in [1.807, 2.05) is 0 Å². The normalized spacial score (nSPS) is 11.0. The van der Waals surface area contributed by atoms with Crippen molar-refractivity contribution in [2.75, 3.05) is 18.2 Å². The van der Waals surface area contributed by atoms with Gasteiger partial charge in [-0.05, 0) is 12.3 Å². The van der Waals surface area contributed by atoms with Gasteiger partial charge in [0.05, 0.1) is 0 Å². The molecule has 0 nitrogen and oxygen atoms in total. The number of hydrogen-bond donors (Lipinski definition) is 0. The van der Waals surface area contributed by atoms with E-state index in [9.17, 15) is 0 Å². The molecule has 2 heteroatoms. The zero-order valence-electron chi connectivity index (χ0n) is 4.00. The summed E-state index contributed by atoms with van der Waals surface area (Å²) in [6.45, 7) is 2.19. The van der Waals surface area contributed by atoms with Gasteiger partial charge in [0.15, 0.2) is 0 Å². The van der Waals surface area contributed by atoms with E-state index < -0.39 is 0 Å². The predicted molar refractivity (Wildman–Crippen MR) is 34.4 cm³/mol. The highest BCUT2D eigenvalue weighted by atomic mass is 35.5. The Labute approximate surface area is 46.1 Å². The van der Waals surface area contributed by atoms with Gasteiger partial charge < -0.3 is 0 Å². The molecule has 1 unspecified atom stereocenters. The summed E-state index contributed by atoms with van der Waals surface area (Å²) >= 11 is 5.39.